The zero-order chi connectivity index (χ0) is 13.0. The molecule has 102 valence electrons. The van der Waals surface area contributed by atoms with E-state index in [9.17, 15) is 5.11 Å². The molecule has 0 atom stereocenters. The van der Waals surface area contributed by atoms with Gasteiger partial charge in [-0.15, -0.1) is 10.2 Å². The highest BCUT2D eigenvalue weighted by molar-refractivity contribution is 4.88. The van der Waals surface area contributed by atoms with Gasteiger partial charge in [0, 0.05) is 6.54 Å². The summed E-state index contributed by atoms with van der Waals surface area (Å²) < 4.78 is 0. The molecule has 0 unspecified atom stereocenters. The Bertz CT molecular complexity index is 370. The van der Waals surface area contributed by atoms with Crippen LogP contribution in [0.3, 0.4) is 0 Å². The maximum absolute atomic E-state index is 10.4. The van der Waals surface area contributed by atoms with Gasteiger partial charge in [0.05, 0.1) is 19.2 Å². The van der Waals surface area contributed by atoms with Gasteiger partial charge >= 0.3 is 0 Å². The van der Waals surface area contributed by atoms with Gasteiger partial charge in [-0.1, -0.05) is 13.3 Å². The van der Waals surface area contributed by atoms with E-state index >= 15 is 0 Å². The van der Waals surface area contributed by atoms with Crippen molar-refractivity contribution >= 4 is 0 Å². The van der Waals surface area contributed by atoms with Crippen molar-refractivity contribution < 1.29 is 5.11 Å². The second-order valence-electron chi connectivity index (χ2n) is 5.37. The Morgan fingerprint density at radius 1 is 1.44 bits per heavy atom. The fourth-order valence-electron chi connectivity index (χ4n) is 2.60. The van der Waals surface area contributed by atoms with Crippen LogP contribution in [0.25, 0.3) is 0 Å². The Kier molecular flexibility index (Phi) is 4.29. The summed E-state index contributed by atoms with van der Waals surface area (Å²) in [6.45, 7) is 3.40. The minimum absolute atomic E-state index is 0.548. The van der Waals surface area contributed by atoms with Crippen LogP contribution in [0.4, 0.5) is 0 Å². The van der Waals surface area contributed by atoms with E-state index < -0.39 is 5.60 Å². The molecule has 2 N–H and O–H groups in total. The van der Waals surface area contributed by atoms with E-state index in [0.29, 0.717) is 18.9 Å². The van der Waals surface area contributed by atoms with Crippen LogP contribution in [0, 0.1) is 5.92 Å². The van der Waals surface area contributed by atoms with Crippen molar-refractivity contribution in [2.75, 3.05) is 6.54 Å². The van der Waals surface area contributed by atoms with Gasteiger partial charge in [-0.2, -0.15) is 4.80 Å². The highest BCUT2D eigenvalue weighted by atomic mass is 16.3. The molecule has 0 aromatic carbocycles. The van der Waals surface area contributed by atoms with Gasteiger partial charge < -0.3 is 10.4 Å². The Morgan fingerprint density at radius 3 is 2.72 bits per heavy atom. The molecule has 1 saturated carbocycles. The number of hydrogen-bond acceptors (Lipinski definition) is 5. The van der Waals surface area contributed by atoms with Gasteiger partial charge in [0.15, 0.2) is 5.82 Å². The van der Waals surface area contributed by atoms with Gasteiger partial charge in [-0.05, 0) is 36.8 Å². The summed E-state index contributed by atoms with van der Waals surface area (Å²) in [6.07, 6.45) is 5.29. The molecule has 0 saturated heterocycles. The lowest BCUT2D eigenvalue weighted by atomic mass is 9.78. The van der Waals surface area contributed by atoms with E-state index in [4.69, 9.17) is 0 Å². The molecule has 1 heterocycles. The van der Waals surface area contributed by atoms with Crippen molar-refractivity contribution in [2.24, 2.45) is 13.0 Å². The van der Waals surface area contributed by atoms with Crippen molar-refractivity contribution in [1.82, 2.24) is 25.5 Å². The summed E-state index contributed by atoms with van der Waals surface area (Å²) in [4.78, 5) is 1.44. The predicted octanol–water partition coefficient (Wildman–Crippen LogP) is 0.631. The number of aromatic nitrogens is 4. The molecule has 0 amide bonds. The van der Waals surface area contributed by atoms with Crippen LogP contribution in [-0.2, 0) is 13.6 Å². The molecule has 1 aromatic heterocycles. The molecular weight excluding hydrogens is 230 g/mol. The molecule has 0 bridgehead atoms. The number of nitrogens with one attached hydrogen (secondary N) is 1. The SMILES string of the molecule is CCC1CCC(O)(CNCc2nnn(C)n2)CC1. The van der Waals surface area contributed by atoms with Gasteiger partial charge in [0.25, 0.3) is 0 Å². The predicted molar refractivity (Wildman–Crippen MR) is 67.7 cm³/mol. The van der Waals surface area contributed by atoms with Crippen LogP contribution in [0.5, 0.6) is 0 Å². The first-order valence-corrected chi connectivity index (χ1v) is 6.77. The van der Waals surface area contributed by atoms with E-state index in [1.54, 1.807) is 7.05 Å². The smallest absolute Gasteiger partial charge is 0.188 e. The first-order chi connectivity index (χ1) is 8.61. The minimum atomic E-state index is -0.548. The van der Waals surface area contributed by atoms with E-state index in [0.717, 1.165) is 31.6 Å². The third kappa shape index (κ3) is 3.49. The Balaban J connectivity index is 1.73. The van der Waals surface area contributed by atoms with Crippen molar-refractivity contribution in [2.45, 2.75) is 51.2 Å². The lowest BCUT2D eigenvalue weighted by Crippen LogP contribution is -2.43. The molecule has 1 aliphatic rings. The number of aryl methyl sites for hydroxylation is 1. The summed E-state index contributed by atoms with van der Waals surface area (Å²) in [6, 6.07) is 0. The third-order valence-electron chi connectivity index (χ3n) is 3.90. The van der Waals surface area contributed by atoms with Crippen LogP contribution in [-0.4, -0.2) is 37.5 Å². The zero-order valence-corrected chi connectivity index (χ0v) is 11.3. The van der Waals surface area contributed by atoms with E-state index in [2.05, 4.69) is 27.7 Å². The summed E-state index contributed by atoms with van der Waals surface area (Å²) in [7, 11) is 1.75. The topological polar surface area (TPSA) is 75.9 Å². The lowest BCUT2D eigenvalue weighted by Gasteiger charge is -2.35. The molecule has 0 aliphatic heterocycles. The molecule has 1 aliphatic carbocycles. The summed E-state index contributed by atoms with van der Waals surface area (Å²) in [5.74, 6) is 1.47. The first-order valence-electron chi connectivity index (χ1n) is 6.77. The van der Waals surface area contributed by atoms with Gasteiger partial charge in [0.1, 0.15) is 0 Å². The van der Waals surface area contributed by atoms with E-state index in [1.165, 1.54) is 11.2 Å². The third-order valence-corrected chi connectivity index (χ3v) is 3.90. The van der Waals surface area contributed by atoms with E-state index in [1.807, 2.05) is 0 Å². The molecule has 2 rings (SSSR count). The number of rotatable bonds is 5. The molecule has 18 heavy (non-hydrogen) atoms. The first kappa shape index (κ1) is 13.4. The standard InChI is InChI=1S/C12H23N5O/c1-3-10-4-6-12(18,7-5-10)9-13-8-11-14-16-17(2)15-11/h10,13,18H,3-9H2,1-2H3. The highest BCUT2D eigenvalue weighted by Gasteiger charge is 2.32. The van der Waals surface area contributed by atoms with E-state index in [-0.39, 0.29) is 0 Å². The fourth-order valence-corrected chi connectivity index (χ4v) is 2.60. The summed E-state index contributed by atoms with van der Waals surface area (Å²) in [5.41, 5.74) is -0.548. The lowest BCUT2D eigenvalue weighted by molar-refractivity contribution is -0.00892. The number of aliphatic hydroxyl groups is 1. The largest absolute Gasteiger partial charge is 0.389 e. The van der Waals surface area contributed by atoms with Gasteiger partial charge in [-0.3, -0.25) is 0 Å². The summed E-state index contributed by atoms with van der Waals surface area (Å²) >= 11 is 0. The molecule has 6 heteroatoms. The van der Waals surface area contributed by atoms with Gasteiger partial charge in [0.2, 0.25) is 0 Å². The van der Waals surface area contributed by atoms with Crippen LogP contribution >= 0.6 is 0 Å². The Labute approximate surface area is 108 Å². The van der Waals surface area contributed by atoms with Crippen molar-refractivity contribution in [3.63, 3.8) is 0 Å². The number of nitrogens with zero attached hydrogens (tertiary/aromatic N) is 4. The van der Waals surface area contributed by atoms with Gasteiger partial charge in [-0.25, -0.2) is 0 Å². The molecule has 1 aromatic rings. The maximum atomic E-state index is 10.4. The zero-order valence-electron chi connectivity index (χ0n) is 11.3. The molecule has 1 fully saturated rings. The normalized spacial score (nSPS) is 28.5. The highest BCUT2D eigenvalue weighted by Crippen LogP contribution is 2.33. The second kappa shape index (κ2) is 5.75. The minimum Gasteiger partial charge on any atom is -0.389 e. The average molecular weight is 253 g/mol. The van der Waals surface area contributed by atoms with Crippen LogP contribution in [0.15, 0.2) is 0 Å². The molecule has 0 radical (unpaired) electrons. The van der Waals surface area contributed by atoms with Crippen LogP contribution in [0.2, 0.25) is 0 Å². The monoisotopic (exact) mass is 253 g/mol. The number of tetrazole rings is 1. The fraction of sp³-hybridized carbons (Fsp3) is 0.917. The van der Waals surface area contributed by atoms with Crippen molar-refractivity contribution in [1.29, 1.82) is 0 Å². The summed E-state index contributed by atoms with van der Waals surface area (Å²) in [5, 5.41) is 25.4. The van der Waals surface area contributed by atoms with Crippen LogP contribution in [0.1, 0.15) is 44.9 Å². The van der Waals surface area contributed by atoms with Crippen molar-refractivity contribution in [3.8, 4) is 0 Å². The molecule has 6 nitrogen and oxygen atoms in total. The Hall–Kier alpha value is -1.01. The molecule has 0 spiro atoms. The maximum Gasteiger partial charge on any atom is 0.188 e. The Morgan fingerprint density at radius 2 is 2.17 bits per heavy atom. The second-order valence-corrected chi connectivity index (χ2v) is 5.37. The van der Waals surface area contributed by atoms with Crippen molar-refractivity contribution in [3.05, 3.63) is 5.82 Å². The average Bonchev–Trinajstić information content (AvgIpc) is 2.76. The quantitative estimate of drug-likeness (QED) is 0.805. The van der Waals surface area contributed by atoms with Crippen LogP contribution < -0.4 is 5.32 Å². The molecular formula is C12H23N5O. The number of hydrogen-bond donors (Lipinski definition) is 2.